The summed E-state index contributed by atoms with van der Waals surface area (Å²) in [5, 5.41) is 0. The third-order valence-corrected chi connectivity index (χ3v) is 8.14. The molecule has 0 saturated heterocycles. The first-order chi connectivity index (χ1) is 13.4. The maximum absolute atomic E-state index is 13.7. The summed E-state index contributed by atoms with van der Waals surface area (Å²) in [6, 6.07) is 0. The molecule has 0 fully saturated rings. The fraction of sp³-hybridized carbons (Fsp3) is 0.800. The zero-order valence-corrected chi connectivity index (χ0v) is 15.5. The average molecular weight is 640 g/mol. The van der Waals surface area contributed by atoms with Crippen LogP contribution in [0.2, 0.25) is 0 Å². The summed E-state index contributed by atoms with van der Waals surface area (Å²) in [6.45, 7) is 0. The molecule has 0 aromatic carbocycles. The summed E-state index contributed by atoms with van der Waals surface area (Å²) in [5.74, 6) is -34.4. The Bertz CT molecular complexity index is 715. The van der Waals surface area contributed by atoms with Gasteiger partial charge < -0.3 is 0 Å². The van der Waals surface area contributed by atoms with Crippen LogP contribution in [-0.2, 0) is 9.59 Å². The van der Waals surface area contributed by atoms with Crippen molar-refractivity contribution in [2.75, 3.05) is 0 Å². The van der Waals surface area contributed by atoms with Gasteiger partial charge in [-0.2, -0.15) is 0 Å². The van der Waals surface area contributed by atoms with Crippen molar-refractivity contribution >= 4 is 27.4 Å². The number of rotatable bonds is 7. The molecule has 0 atom stereocenters. The molecule has 0 heterocycles. The number of alkyl halides is 20. The van der Waals surface area contributed by atoms with Gasteiger partial charge in [-0.25, -0.2) is 0 Å². The Labute approximate surface area is 167 Å². The molecule has 0 amide bonds. The summed E-state index contributed by atoms with van der Waals surface area (Å²) in [4.78, 5) is 21.5. The Hall–Kier alpha value is -1.26. The normalized spacial score (nSPS) is 16.2. The van der Waals surface area contributed by atoms with Crippen molar-refractivity contribution in [3.8, 4) is 0 Å². The Morgan fingerprint density at radius 2 is 0.656 bits per heavy atom. The molecular formula is C10F19IO2. The molecule has 2 nitrogen and oxygen atoms in total. The first-order valence-corrected chi connectivity index (χ1v) is 9.55. The van der Waals surface area contributed by atoms with Crippen molar-refractivity contribution in [3.63, 3.8) is 0 Å². The van der Waals surface area contributed by atoms with Crippen LogP contribution in [-0.4, -0.2) is 53.7 Å². The first-order valence-electron chi connectivity index (χ1n) is 6.32. The van der Waals surface area contributed by atoms with Crippen molar-refractivity contribution < 1.29 is 93.0 Å². The van der Waals surface area contributed by atoms with Gasteiger partial charge in [0.15, 0.2) is 0 Å². The average Bonchev–Trinajstić information content (AvgIpc) is 2.50. The zero-order chi connectivity index (χ0) is 26.7. The first kappa shape index (κ1) is 30.7. The molecule has 0 aliphatic rings. The predicted octanol–water partition coefficient (Wildman–Crippen LogP) is 6.37. The molecule has 192 valence electrons. The predicted molar refractivity (Wildman–Crippen MR) is 66.9 cm³/mol. The van der Waals surface area contributed by atoms with Gasteiger partial charge in [0.2, 0.25) is 0 Å². The van der Waals surface area contributed by atoms with Gasteiger partial charge in [0.05, 0.1) is 0 Å². The Morgan fingerprint density at radius 3 is 0.875 bits per heavy atom. The maximum atomic E-state index is 13.7. The second kappa shape index (κ2) is 7.91. The molecule has 0 N–H and O–H groups in total. The molecule has 32 heavy (non-hydrogen) atoms. The molecular weight excluding hydrogens is 640 g/mol. The second-order valence-corrected chi connectivity index (χ2v) is 10.1. The summed E-state index contributed by atoms with van der Waals surface area (Å²) >= 11 is -8.47. The quantitative estimate of drug-likeness (QED) is 0.141. The van der Waals surface area contributed by atoms with Crippen LogP contribution >= 0.6 is 19.8 Å². The van der Waals surface area contributed by atoms with Gasteiger partial charge in [-0.05, 0) is 0 Å². The fourth-order valence-electron chi connectivity index (χ4n) is 1.38. The molecule has 0 aliphatic heterocycles. The van der Waals surface area contributed by atoms with E-state index in [0.717, 1.165) is 0 Å². The molecule has 0 aliphatic carbocycles. The summed E-state index contributed by atoms with van der Waals surface area (Å²) in [6.07, 6.45) is -22.1. The van der Waals surface area contributed by atoms with Gasteiger partial charge in [-0.15, -0.1) is 0 Å². The molecule has 0 spiro atoms. The topological polar surface area (TPSA) is 34.1 Å². The number of halogens is 20. The summed E-state index contributed by atoms with van der Waals surface area (Å²) < 4.78 is 223. The van der Waals surface area contributed by atoms with E-state index in [4.69, 9.17) is 0 Å². The van der Waals surface area contributed by atoms with E-state index in [1.807, 2.05) is 0 Å². The second-order valence-electron chi connectivity index (χ2n) is 5.12. The minimum atomic E-state index is -8.77. The molecule has 0 aromatic heterocycles. The Kier molecular flexibility index (Phi) is 7.60. The van der Waals surface area contributed by atoms with Gasteiger partial charge in [-0.1, -0.05) is 0 Å². The number of carbonyl (C=O) groups excluding carboxylic acids is 2. The van der Waals surface area contributed by atoms with Crippen LogP contribution in [0.25, 0.3) is 0 Å². The summed E-state index contributed by atoms with van der Waals surface area (Å²) in [7, 11) is 0. The molecule has 0 bridgehead atoms. The van der Waals surface area contributed by atoms with Crippen LogP contribution in [0.4, 0.5) is 83.4 Å². The van der Waals surface area contributed by atoms with Crippen molar-refractivity contribution in [2.24, 2.45) is 0 Å². The molecule has 0 aromatic rings. The van der Waals surface area contributed by atoms with Crippen LogP contribution in [0.15, 0.2) is 0 Å². The number of hydrogen-bond acceptors (Lipinski definition) is 2. The molecule has 0 radical (unpaired) electrons. The van der Waals surface area contributed by atoms with E-state index < -0.39 is 73.5 Å². The fourth-order valence-corrected chi connectivity index (χ4v) is 5.29. The Balaban J connectivity index is 7.08. The van der Waals surface area contributed by atoms with E-state index in [-0.39, 0.29) is 0 Å². The van der Waals surface area contributed by atoms with Gasteiger partial charge in [0, 0.05) is 0 Å². The third kappa shape index (κ3) is 4.55. The van der Waals surface area contributed by atoms with Gasteiger partial charge >= 0.3 is 167 Å². The standard InChI is InChI=1S/C10F19IO2/c11-3(12,13)1(31)30(2(32)4(14,15)16)10(28,29)8(23,24)6(19,20)5(17,18)7(21,22)9(25,26)27. The van der Waals surface area contributed by atoms with Crippen LogP contribution < -0.4 is 0 Å². The van der Waals surface area contributed by atoms with Crippen molar-refractivity contribution in [1.82, 2.24) is 0 Å². The number of carbonyl (C=O) groups is 2. The third-order valence-electron chi connectivity index (χ3n) is 2.92. The van der Waals surface area contributed by atoms with Gasteiger partial charge in [-0.3, -0.25) is 0 Å². The van der Waals surface area contributed by atoms with E-state index in [9.17, 15) is 93.0 Å². The summed E-state index contributed by atoms with van der Waals surface area (Å²) in [5.41, 5.74) is 0. The van der Waals surface area contributed by atoms with Crippen LogP contribution in [0, 0.1) is 0 Å². The Morgan fingerprint density at radius 1 is 0.406 bits per heavy atom. The van der Waals surface area contributed by atoms with Crippen LogP contribution in [0.5, 0.6) is 0 Å². The van der Waals surface area contributed by atoms with E-state index >= 15 is 0 Å². The molecule has 0 unspecified atom stereocenters. The van der Waals surface area contributed by atoms with Crippen molar-refractivity contribution in [3.05, 3.63) is 0 Å². The van der Waals surface area contributed by atoms with Crippen molar-refractivity contribution in [2.45, 2.75) is 46.1 Å². The monoisotopic (exact) mass is 640 g/mol. The van der Waals surface area contributed by atoms with Gasteiger partial charge in [0.1, 0.15) is 0 Å². The minimum absolute atomic E-state index is 4.73. The molecule has 0 rings (SSSR count). The van der Waals surface area contributed by atoms with E-state index in [1.165, 1.54) is 0 Å². The molecule has 22 heteroatoms. The van der Waals surface area contributed by atoms with E-state index in [1.54, 1.807) is 0 Å². The van der Waals surface area contributed by atoms with Crippen molar-refractivity contribution in [1.29, 1.82) is 0 Å². The van der Waals surface area contributed by atoms with Gasteiger partial charge in [0.25, 0.3) is 0 Å². The number of hydrogen-bond donors (Lipinski definition) is 0. The van der Waals surface area contributed by atoms with E-state index in [2.05, 4.69) is 0 Å². The molecule has 0 saturated carbocycles. The van der Waals surface area contributed by atoms with E-state index in [0.29, 0.717) is 0 Å². The van der Waals surface area contributed by atoms with Crippen LogP contribution in [0.1, 0.15) is 0 Å². The zero-order valence-electron chi connectivity index (χ0n) is 13.4. The van der Waals surface area contributed by atoms with Crippen LogP contribution in [0.3, 0.4) is 0 Å². The SMILES string of the molecule is O=C(I(C(=O)C(F)(F)F)C(F)(F)C(F)(F)C(F)(F)C(F)(F)C(F)(F)C(F)(F)F)C(F)(F)F.